The van der Waals surface area contributed by atoms with Gasteiger partial charge in [-0.15, -0.1) is 12.4 Å². The van der Waals surface area contributed by atoms with E-state index in [0.29, 0.717) is 6.04 Å². The van der Waals surface area contributed by atoms with Crippen LogP contribution >= 0.6 is 12.4 Å². The average molecular weight is 372 g/mol. The average Bonchev–Trinajstić information content (AvgIpc) is 2.58. The Bertz CT molecular complexity index is 560. The molecule has 2 rings (SSSR count). The van der Waals surface area contributed by atoms with Gasteiger partial charge in [0.05, 0.1) is 11.5 Å². The molecule has 1 fully saturated rings. The third-order valence-electron chi connectivity index (χ3n) is 4.68. The minimum atomic E-state index is -0.766. The molecule has 0 spiro atoms. The lowest BCUT2D eigenvalue weighted by Crippen LogP contribution is -2.46. The highest BCUT2D eigenvalue weighted by molar-refractivity contribution is 5.85. The maximum atomic E-state index is 10.9. The van der Waals surface area contributed by atoms with Gasteiger partial charge in [-0.2, -0.15) is 0 Å². The second-order valence-electron chi connectivity index (χ2n) is 6.20. The third kappa shape index (κ3) is 6.61. The van der Waals surface area contributed by atoms with Crippen molar-refractivity contribution in [3.63, 3.8) is 0 Å². The van der Waals surface area contributed by atoms with E-state index in [1.165, 1.54) is 0 Å². The van der Waals surface area contributed by atoms with Gasteiger partial charge in [-0.05, 0) is 44.5 Å². The second kappa shape index (κ2) is 10.3. The van der Waals surface area contributed by atoms with Crippen LogP contribution in [-0.2, 0) is 11.2 Å². The summed E-state index contributed by atoms with van der Waals surface area (Å²) in [7, 11) is 0. The van der Waals surface area contributed by atoms with Crippen molar-refractivity contribution >= 4 is 24.1 Å². The number of rotatable bonds is 8. The number of carboxylic acids is 1. The Morgan fingerprint density at radius 1 is 1.32 bits per heavy atom. The summed E-state index contributed by atoms with van der Waals surface area (Å²) in [4.78, 5) is 25.6. The van der Waals surface area contributed by atoms with E-state index < -0.39 is 5.97 Å². The van der Waals surface area contributed by atoms with Crippen molar-refractivity contribution in [3.05, 3.63) is 39.9 Å². The van der Waals surface area contributed by atoms with Crippen LogP contribution in [0.1, 0.15) is 25.3 Å². The predicted octanol–water partition coefficient (Wildman–Crippen LogP) is 2.43. The van der Waals surface area contributed by atoms with E-state index >= 15 is 0 Å². The number of carboxylic acid groups (broad SMARTS) is 1. The lowest BCUT2D eigenvalue weighted by molar-refractivity contribution is -0.384. The summed E-state index contributed by atoms with van der Waals surface area (Å²) in [6, 6.07) is 7.08. The lowest BCUT2D eigenvalue weighted by atomic mass is 10.0. The van der Waals surface area contributed by atoms with Crippen molar-refractivity contribution < 1.29 is 14.8 Å². The zero-order chi connectivity index (χ0) is 17.5. The number of halogens is 1. The van der Waals surface area contributed by atoms with Crippen LogP contribution in [-0.4, -0.2) is 64.6 Å². The molecule has 140 valence electrons. The van der Waals surface area contributed by atoms with Gasteiger partial charge in [0, 0.05) is 24.7 Å². The zero-order valence-corrected chi connectivity index (χ0v) is 15.3. The van der Waals surface area contributed by atoms with Gasteiger partial charge in [0.1, 0.15) is 0 Å². The Balaban J connectivity index is 0.00000312. The summed E-state index contributed by atoms with van der Waals surface area (Å²) in [5.41, 5.74) is 1.22. The first kappa shape index (κ1) is 21.3. The summed E-state index contributed by atoms with van der Waals surface area (Å²) < 4.78 is 0. The van der Waals surface area contributed by atoms with Crippen LogP contribution in [0.3, 0.4) is 0 Å². The van der Waals surface area contributed by atoms with Crippen LogP contribution in [0.15, 0.2) is 24.3 Å². The summed E-state index contributed by atoms with van der Waals surface area (Å²) in [5.74, 6) is -0.766. The molecule has 1 aromatic rings. The predicted molar refractivity (Wildman–Crippen MR) is 98.4 cm³/mol. The number of likely N-dealkylation sites (N-methyl/N-ethyl adjacent to an activating group) is 1. The fourth-order valence-corrected chi connectivity index (χ4v) is 3.25. The quantitative estimate of drug-likeness (QED) is 0.558. The SMILES string of the molecule is CCN(CC(=O)O)C1CCN(CCc2ccc([N+](=O)[O-])cc2)CC1.Cl. The van der Waals surface area contributed by atoms with E-state index in [-0.39, 0.29) is 29.6 Å². The van der Waals surface area contributed by atoms with Crippen LogP contribution in [0.2, 0.25) is 0 Å². The maximum absolute atomic E-state index is 10.9. The van der Waals surface area contributed by atoms with Crippen LogP contribution in [0.5, 0.6) is 0 Å². The van der Waals surface area contributed by atoms with Crippen LogP contribution in [0.25, 0.3) is 0 Å². The first-order valence-electron chi connectivity index (χ1n) is 8.41. The Labute approximate surface area is 154 Å². The fourth-order valence-electron chi connectivity index (χ4n) is 3.25. The standard InChI is InChI=1S/C17H25N3O4.ClH/c1-2-19(13-17(21)22)15-8-11-18(12-9-15)10-7-14-3-5-16(6-4-14)20(23)24;/h3-6,15H,2,7-13H2,1H3,(H,21,22);1H. The molecule has 1 N–H and O–H groups in total. The first-order valence-corrected chi connectivity index (χ1v) is 8.41. The van der Waals surface area contributed by atoms with E-state index in [9.17, 15) is 14.9 Å². The molecule has 0 bridgehead atoms. The molecule has 1 heterocycles. The molecule has 8 heteroatoms. The van der Waals surface area contributed by atoms with Crippen LogP contribution in [0.4, 0.5) is 5.69 Å². The maximum Gasteiger partial charge on any atom is 0.317 e. The molecule has 0 unspecified atom stereocenters. The zero-order valence-electron chi connectivity index (χ0n) is 14.5. The number of aliphatic carboxylic acids is 1. The normalized spacial score (nSPS) is 15.8. The largest absolute Gasteiger partial charge is 0.480 e. The van der Waals surface area contributed by atoms with Gasteiger partial charge >= 0.3 is 5.97 Å². The summed E-state index contributed by atoms with van der Waals surface area (Å²) in [5, 5.41) is 19.6. The molecule has 0 amide bonds. The van der Waals surface area contributed by atoms with Crippen molar-refractivity contribution in [3.8, 4) is 0 Å². The molecule has 1 aliphatic rings. The number of nitro groups is 1. The van der Waals surface area contributed by atoms with E-state index in [1.807, 2.05) is 24.0 Å². The van der Waals surface area contributed by atoms with Crippen molar-refractivity contribution in [1.82, 2.24) is 9.80 Å². The number of nitrogens with zero attached hydrogens (tertiary/aromatic N) is 3. The van der Waals surface area contributed by atoms with Crippen molar-refractivity contribution in [1.29, 1.82) is 0 Å². The molecule has 25 heavy (non-hydrogen) atoms. The molecule has 0 aliphatic carbocycles. The van der Waals surface area contributed by atoms with Crippen molar-refractivity contribution in [2.45, 2.75) is 32.2 Å². The van der Waals surface area contributed by atoms with Gasteiger partial charge in [-0.25, -0.2) is 0 Å². The van der Waals surface area contributed by atoms with Crippen LogP contribution in [0, 0.1) is 10.1 Å². The summed E-state index contributed by atoms with van der Waals surface area (Å²) in [6.45, 7) is 5.74. The van der Waals surface area contributed by atoms with Gasteiger partial charge in [-0.3, -0.25) is 19.8 Å². The lowest BCUT2D eigenvalue weighted by Gasteiger charge is -2.37. The number of likely N-dealkylation sites (tertiary alicyclic amines) is 1. The molecular weight excluding hydrogens is 346 g/mol. The molecule has 0 radical (unpaired) electrons. The van der Waals surface area contributed by atoms with Crippen molar-refractivity contribution in [2.75, 3.05) is 32.7 Å². The summed E-state index contributed by atoms with van der Waals surface area (Å²) in [6.07, 6.45) is 2.85. The molecular formula is C17H26ClN3O4. The highest BCUT2D eigenvalue weighted by atomic mass is 35.5. The van der Waals surface area contributed by atoms with Crippen molar-refractivity contribution in [2.24, 2.45) is 0 Å². The molecule has 7 nitrogen and oxygen atoms in total. The Morgan fingerprint density at radius 2 is 1.92 bits per heavy atom. The number of piperidine rings is 1. The minimum Gasteiger partial charge on any atom is -0.480 e. The Hall–Kier alpha value is -1.70. The first-order chi connectivity index (χ1) is 11.5. The second-order valence-corrected chi connectivity index (χ2v) is 6.20. The van der Waals surface area contributed by atoms with Crippen LogP contribution < -0.4 is 0 Å². The monoisotopic (exact) mass is 371 g/mol. The smallest absolute Gasteiger partial charge is 0.317 e. The van der Waals surface area contributed by atoms with Gasteiger partial charge in [0.2, 0.25) is 0 Å². The van der Waals surface area contributed by atoms with E-state index in [1.54, 1.807) is 12.1 Å². The number of non-ortho nitro benzene ring substituents is 1. The van der Waals surface area contributed by atoms with E-state index in [2.05, 4.69) is 4.90 Å². The number of benzene rings is 1. The van der Waals surface area contributed by atoms with E-state index in [0.717, 1.165) is 51.0 Å². The fraction of sp³-hybridized carbons (Fsp3) is 0.588. The minimum absolute atomic E-state index is 0. The molecule has 1 aromatic carbocycles. The molecule has 0 saturated carbocycles. The summed E-state index contributed by atoms with van der Waals surface area (Å²) >= 11 is 0. The molecule has 1 saturated heterocycles. The van der Waals surface area contributed by atoms with Gasteiger partial charge < -0.3 is 10.0 Å². The molecule has 1 aliphatic heterocycles. The van der Waals surface area contributed by atoms with Gasteiger partial charge in [0.15, 0.2) is 0 Å². The topological polar surface area (TPSA) is 86.9 Å². The van der Waals surface area contributed by atoms with Gasteiger partial charge in [0.25, 0.3) is 5.69 Å². The van der Waals surface area contributed by atoms with Gasteiger partial charge in [-0.1, -0.05) is 19.1 Å². The molecule has 0 aromatic heterocycles. The number of nitro benzene ring substituents is 1. The Morgan fingerprint density at radius 3 is 2.40 bits per heavy atom. The highest BCUT2D eigenvalue weighted by Crippen LogP contribution is 2.17. The number of hydrogen-bond acceptors (Lipinski definition) is 5. The number of hydrogen-bond donors (Lipinski definition) is 1. The number of carbonyl (C=O) groups is 1. The molecule has 0 atom stereocenters. The highest BCUT2D eigenvalue weighted by Gasteiger charge is 2.24. The van der Waals surface area contributed by atoms with E-state index in [4.69, 9.17) is 5.11 Å². The third-order valence-corrected chi connectivity index (χ3v) is 4.68. The Kier molecular flexibility index (Phi) is 8.82.